The van der Waals surface area contributed by atoms with Gasteiger partial charge in [0.05, 0.1) is 11.6 Å². The molecule has 19 heavy (non-hydrogen) atoms. The molecule has 0 bridgehead atoms. The molecule has 3 nitrogen and oxygen atoms in total. The van der Waals surface area contributed by atoms with Crippen LogP contribution in [0, 0.1) is 0 Å². The zero-order chi connectivity index (χ0) is 13.7. The van der Waals surface area contributed by atoms with Crippen molar-refractivity contribution in [2.75, 3.05) is 6.61 Å². The van der Waals surface area contributed by atoms with Crippen LogP contribution in [-0.4, -0.2) is 16.8 Å². The normalized spacial score (nSPS) is 12.2. The van der Waals surface area contributed by atoms with Gasteiger partial charge < -0.3 is 14.9 Å². The monoisotopic (exact) mass is 278 g/mol. The van der Waals surface area contributed by atoms with Gasteiger partial charge in [0.25, 0.3) is 0 Å². The second-order valence-corrected chi connectivity index (χ2v) is 4.57. The van der Waals surface area contributed by atoms with Crippen molar-refractivity contribution in [2.45, 2.75) is 12.7 Å². The molecular weight excluding hydrogens is 264 g/mol. The lowest BCUT2D eigenvalue weighted by atomic mass is 10.1. The average Bonchev–Trinajstić information content (AvgIpc) is 2.46. The highest BCUT2D eigenvalue weighted by atomic mass is 35.5. The third-order valence-corrected chi connectivity index (χ3v) is 3.06. The van der Waals surface area contributed by atoms with Gasteiger partial charge in [0, 0.05) is 0 Å². The van der Waals surface area contributed by atoms with Crippen LogP contribution in [-0.2, 0) is 6.61 Å². The highest BCUT2D eigenvalue weighted by molar-refractivity contribution is 6.32. The quantitative estimate of drug-likeness (QED) is 0.884. The lowest BCUT2D eigenvalue weighted by Crippen LogP contribution is -2.09. The molecule has 0 aliphatic heterocycles. The Morgan fingerprint density at radius 3 is 2.47 bits per heavy atom. The average molecular weight is 279 g/mol. The molecule has 2 aromatic carbocycles. The van der Waals surface area contributed by atoms with Crippen molar-refractivity contribution >= 4 is 11.6 Å². The first-order valence-electron chi connectivity index (χ1n) is 5.96. The molecule has 4 heteroatoms. The van der Waals surface area contributed by atoms with Crippen molar-refractivity contribution in [2.24, 2.45) is 0 Å². The van der Waals surface area contributed by atoms with Gasteiger partial charge in [0.1, 0.15) is 18.5 Å². The third-order valence-electron chi connectivity index (χ3n) is 2.76. The molecule has 0 aliphatic carbocycles. The van der Waals surface area contributed by atoms with Crippen LogP contribution in [0.4, 0.5) is 0 Å². The van der Waals surface area contributed by atoms with Crippen molar-refractivity contribution in [3.05, 3.63) is 64.7 Å². The topological polar surface area (TPSA) is 49.7 Å². The van der Waals surface area contributed by atoms with Gasteiger partial charge in [-0.3, -0.25) is 0 Å². The lowest BCUT2D eigenvalue weighted by molar-refractivity contribution is 0.108. The van der Waals surface area contributed by atoms with Crippen LogP contribution < -0.4 is 4.74 Å². The van der Waals surface area contributed by atoms with E-state index in [1.807, 2.05) is 30.3 Å². The summed E-state index contributed by atoms with van der Waals surface area (Å²) in [6, 6.07) is 14.4. The summed E-state index contributed by atoms with van der Waals surface area (Å²) in [4.78, 5) is 0. The SMILES string of the molecule is OCc1ccc(OCC(O)c2ccccc2)c(Cl)c1. The van der Waals surface area contributed by atoms with Gasteiger partial charge >= 0.3 is 0 Å². The number of hydrogen-bond donors (Lipinski definition) is 2. The zero-order valence-corrected chi connectivity index (χ0v) is 11.0. The van der Waals surface area contributed by atoms with Crippen LogP contribution in [0.15, 0.2) is 48.5 Å². The highest BCUT2D eigenvalue weighted by Crippen LogP contribution is 2.26. The maximum absolute atomic E-state index is 9.97. The first kappa shape index (κ1) is 13.9. The third kappa shape index (κ3) is 3.70. The van der Waals surface area contributed by atoms with Crippen LogP contribution in [0.5, 0.6) is 5.75 Å². The Balaban J connectivity index is 1.99. The number of benzene rings is 2. The molecule has 0 heterocycles. The molecule has 0 fully saturated rings. The smallest absolute Gasteiger partial charge is 0.138 e. The Morgan fingerprint density at radius 1 is 1.11 bits per heavy atom. The minimum atomic E-state index is -0.699. The summed E-state index contributed by atoms with van der Waals surface area (Å²) in [5.74, 6) is 0.494. The van der Waals surface area contributed by atoms with E-state index in [1.54, 1.807) is 18.2 Å². The molecule has 0 spiro atoms. The van der Waals surface area contributed by atoms with Crippen LogP contribution >= 0.6 is 11.6 Å². The van der Waals surface area contributed by atoms with Crippen molar-refractivity contribution in [3.63, 3.8) is 0 Å². The summed E-state index contributed by atoms with van der Waals surface area (Å²) < 4.78 is 5.49. The van der Waals surface area contributed by atoms with Crippen molar-refractivity contribution in [1.82, 2.24) is 0 Å². The molecule has 2 rings (SSSR count). The fourth-order valence-corrected chi connectivity index (χ4v) is 1.96. The molecule has 0 saturated heterocycles. The Hall–Kier alpha value is -1.55. The number of ether oxygens (including phenoxy) is 1. The predicted octanol–water partition coefficient (Wildman–Crippen LogP) is 2.94. The number of aliphatic hydroxyl groups is 2. The standard InChI is InChI=1S/C15H15ClO3/c16-13-8-11(9-17)6-7-15(13)19-10-14(18)12-4-2-1-3-5-12/h1-8,14,17-18H,9-10H2. The van der Waals surface area contributed by atoms with E-state index in [2.05, 4.69) is 0 Å². The van der Waals surface area contributed by atoms with Crippen molar-refractivity contribution < 1.29 is 14.9 Å². The molecule has 2 N–H and O–H groups in total. The van der Waals surface area contributed by atoms with Crippen LogP contribution in [0.1, 0.15) is 17.2 Å². The maximum atomic E-state index is 9.97. The first-order valence-corrected chi connectivity index (χ1v) is 6.33. The van der Waals surface area contributed by atoms with Crippen LogP contribution in [0.3, 0.4) is 0 Å². The van der Waals surface area contributed by atoms with E-state index in [9.17, 15) is 5.11 Å². The largest absolute Gasteiger partial charge is 0.489 e. The van der Waals surface area contributed by atoms with Gasteiger partial charge in [-0.15, -0.1) is 0 Å². The summed E-state index contributed by atoms with van der Waals surface area (Å²) in [5.41, 5.74) is 1.52. The predicted molar refractivity (Wildman–Crippen MR) is 74.3 cm³/mol. The van der Waals surface area contributed by atoms with E-state index in [0.717, 1.165) is 11.1 Å². The van der Waals surface area contributed by atoms with E-state index < -0.39 is 6.10 Å². The van der Waals surface area contributed by atoms with Gasteiger partial charge in [0.2, 0.25) is 0 Å². The molecule has 1 atom stereocenters. The minimum absolute atomic E-state index is 0.0629. The maximum Gasteiger partial charge on any atom is 0.138 e. The van der Waals surface area contributed by atoms with Gasteiger partial charge in [-0.25, -0.2) is 0 Å². The molecule has 100 valence electrons. The Morgan fingerprint density at radius 2 is 1.84 bits per heavy atom. The number of rotatable bonds is 5. The fourth-order valence-electron chi connectivity index (χ4n) is 1.70. The van der Waals surface area contributed by atoms with Crippen LogP contribution in [0.2, 0.25) is 5.02 Å². The lowest BCUT2D eigenvalue weighted by Gasteiger charge is -2.13. The molecule has 0 saturated carbocycles. The van der Waals surface area contributed by atoms with E-state index in [0.29, 0.717) is 10.8 Å². The fraction of sp³-hybridized carbons (Fsp3) is 0.200. The van der Waals surface area contributed by atoms with E-state index in [1.165, 1.54) is 0 Å². The molecule has 1 unspecified atom stereocenters. The molecule has 2 aromatic rings. The first-order chi connectivity index (χ1) is 9.20. The molecule has 0 aromatic heterocycles. The summed E-state index contributed by atoms with van der Waals surface area (Å²) in [6.07, 6.45) is -0.699. The van der Waals surface area contributed by atoms with E-state index >= 15 is 0 Å². The summed E-state index contributed by atoms with van der Waals surface area (Å²) in [7, 11) is 0. The molecule has 0 radical (unpaired) electrons. The van der Waals surface area contributed by atoms with Gasteiger partial charge in [-0.2, -0.15) is 0 Å². The van der Waals surface area contributed by atoms with Gasteiger partial charge in [-0.1, -0.05) is 48.0 Å². The second-order valence-electron chi connectivity index (χ2n) is 4.16. The zero-order valence-electron chi connectivity index (χ0n) is 10.3. The Labute approximate surface area is 117 Å². The number of hydrogen-bond acceptors (Lipinski definition) is 3. The summed E-state index contributed by atoms with van der Waals surface area (Å²) in [6.45, 7) is 0.0643. The Kier molecular flexibility index (Phi) is 4.80. The van der Waals surface area contributed by atoms with Gasteiger partial charge in [-0.05, 0) is 23.3 Å². The van der Waals surface area contributed by atoms with E-state index in [4.69, 9.17) is 21.4 Å². The van der Waals surface area contributed by atoms with Gasteiger partial charge in [0.15, 0.2) is 0 Å². The second kappa shape index (κ2) is 6.57. The van der Waals surface area contributed by atoms with Crippen LogP contribution in [0.25, 0.3) is 0 Å². The van der Waals surface area contributed by atoms with Crippen molar-refractivity contribution in [1.29, 1.82) is 0 Å². The molecular formula is C15H15ClO3. The van der Waals surface area contributed by atoms with E-state index in [-0.39, 0.29) is 13.2 Å². The number of halogens is 1. The number of aliphatic hydroxyl groups excluding tert-OH is 2. The highest BCUT2D eigenvalue weighted by Gasteiger charge is 2.09. The van der Waals surface area contributed by atoms with Crippen molar-refractivity contribution in [3.8, 4) is 5.75 Å². The summed E-state index contributed by atoms with van der Waals surface area (Å²) >= 11 is 6.02. The molecule has 0 aliphatic rings. The Bertz CT molecular complexity index is 528. The summed E-state index contributed by atoms with van der Waals surface area (Å²) in [5, 5.41) is 19.4. The minimum Gasteiger partial charge on any atom is -0.489 e. The molecule has 0 amide bonds.